The number of rotatable bonds is 11. The SMILES string of the molecule is CCCC#CC(NC(=O)[C@@H](N)CCCN=C(N)N)(C(=O)OCC)C(=O)OCC. The molecule has 0 aromatic carbocycles. The first-order chi connectivity index (χ1) is 13.2. The van der Waals surface area contributed by atoms with Crippen LogP contribution >= 0.6 is 0 Å². The largest absolute Gasteiger partial charge is 0.463 e. The first kappa shape index (κ1) is 25.2. The number of amides is 1. The Morgan fingerprint density at radius 1 is 1.11 bits per heavy atom. The molecule has 0 aromatic heterocycles. The Balaban J connectivity index is 5.55. The molecule has 0 radical (unpaired) electrons. The van der Waals surface area contributed by atoms with Crippen molar-refractivity contribution in [3.05, 3.63) is 0 Å². The van der Waals surface area contributed by atoms with Gasteiger partial charge in [-0.3, -0.25) is 9.79 Å². The van der Waals surface area contributed by atoms with Crippen molar-refractivity contribution in [3.63, 3.8) is 0 Å². The average Bonchev–Trinajstić information content (AvgIpc) is 2.64. The van der Waals surface area contributed by atoms with E-state index in [4.69, 9.17) is 26.7 Å². The van der Waals surface area contributed by atoms with Crippen molar-refractivity contribution in [1.82, 2.24) is 5.32 Å². The molecule has 0 saturated carbocycles. The van der Waals surface area contributed by atoms with Crippen molar-refractivity contribution in [1.29, 1.82) is 0 Å². The number of nitrogens with two attached hydrogens (primary N) is 3. The number of carbonyl (C=O) groups excluding carboxylic acids is 3. The van der Waals surface area contributed by atoms with E-state index in [1.165, 1.54) is 0 Å². The first-order valence-electron chi connectivity index (χ1n) is 9.22. The summed E-state index contributed by atoms with van der Waals surface area (Å²) in [5.41, 5.74) is 14.1. The molecule has 0 aliphatic heterocycles. The van der Waals surface area contributed by atoms with E-state index in [1.807, 2.05) is 6.92 Å². The van der Waals surface area contributed by atoms with Gasteiger partial charge in [-0.2, -0.15) is 0 Å². The van der Waals surface area contributed by atoms with E-state index in [2.05, 4.69) is 22.2 Å². The molecule has 10 nitrogen and oxygen atoms in total. The Hall–Kier alpha value is -2.80. The number of esters is 2. The number of hydrogen-bond donors (Lipinski definition) is 4. The zero-order chi connectivity index (χ0) is 21.6. The van der Waals surface area contributed by atoms with Crippen LogP contribution in [-0.2, 0) is 23.9 Å². The monoisotopic (exact) mass is 397 g/mol. The summed E-state index contributed by atoms with van der Waals surface area (Å²) in [4.78, 5) is 41.4. The fraction of sp³-hybridized carbons (Fsp3) is 0.667. The van der Waals surface area contributed by atoms with E-state index in [1.54, 1.807) is 13.8 Å². The molecular formula is C18H31N5O5. The molecule has 0 bridgehead atoms. The Kier molecular flexibility index (Phi) is 12.0. The summed E-state index contributed by atoms with van der Waals surface area (Å²) in [6.07, 6.45) is 1.78. The molecule has 1 amide bonds. The van der Waals surface area contributed by atoms with Crippen LogP contribution in [0.25, 0.3) is 0 Å². The normalized spacial score (nSPS) is 11.4. The van der Waals surface area contributed by atoms with Crippen LogP contribution in [0.4, 0.5) is 0 Å². The summed E-state index contributed by atoms with van der Waals surface area (Å²) in [5, 5.41) is 2.34. The summed E-state index contributed by atoms with van der Waals surface area (Å²) >= 11 is 0. The second-order valence-electron chi connectivity index (χ2n) is 5.79. The first-order valence-corrected chi connectivity index (χ1v) is 9.22. The van der Waals surface area contributed by atoms with Crippen LogP contribution in [0.5, 0.6) is 0 Å². The van der Waals surface area contributed by atoms with E-state index in [0.29, 0.717) is 25.8 Å². The molecule has 0 aliphatic rings. The number of ether oxygens (including phenoxy) is 2. The Bertz CT molecular complexity index is 602. The summed E-state index contributed by atoms with van der Waals surface area (Å²) in [5.74, 6) is 2.41. The predicted molar refractivity (Wildman–Crippen MR) is 105 cm³/mol. The molecule has 1 atom stereocenters. The quantitative estimate of drug-likeness (QED) is 0.0871. The van der Waals surface area contributed by atoms with Crippen LogP contribution in [0.1, 0.15) is 46.5 Å². The third-order valence-electron chi connectivity index (χ3n) is 3.43. The zero-order valence-electron chi connectivity index (χ0n) is 16.7. The van der Waals surface area contributed by atoms with Gasteiger partial charge in [0.1, 0.15) is 0 Å². The highest BCUT2D eigenvalue weighted by atomic mass is 16.6. The molecule has 10 heteroatoms. The third-order valence-corrected chi connectivity index (χ3v) is 3.43. The van der Waals surface area contributed by atoms with Gasteiger partial charge in [-0.15, -0.1) is 0 Å². The molecule has 0 rings (SSSR count). The molecule has 0 aromatic rings. The highest BCUT2D eigenvalue weighted by Gasteiger charge is 2.50. The standard InChI is InChI=1S/C18H31N5O5/c1-4-7-8-11-18(15(25)27-5-2,16(26)28-6-3)23-14(24)13(19)10-9-12-22-17(20)21/h13H,4-7,9-10,12,19H2,1-3H3,(H,23,24)(H4,20,21,22)/t13-/m0/s1. The molecule has 0 spiro atoms. The summed E-state index contributed by atoms with van der Waals surface area (Å²) < 4.78 is 9.94. The van der Waals surface area contributed by atoms with Gasteiger partial charge < -0.3 is 32.0 Å². The van der Waals surface area contributed by atoms with Crippen molar-refractivity contribution in [2.75, 3.05) is 19.8 Å². The molecule has 0 unspecified atom stereocenters. The van der Waals surface area contributed by atoms with E-state index >= 15 is 0 Å². The second-order valence-corrected chi connectivity index (χ2v) is 5.79. The van der Waals surface area contributed by atoms with Gasteiger partial charge >= 0.3 is 11.9 Å². The second kappa shape index (κ2) is 13.4. The van der Waals surface area contributed by atoms with Gasteiger partial charge in [0.2, 0.25) is 5.91 Å². The molecule has 158 valence electrons. The van der Waals surface area contributed by atoms with Crippen molar-refractivity contribution in [3.8, 4) is 11.8 Å². The fourth-order valence-corrected chi connectivity index (χ4v) is 2.05. The van der Waals surface area contributed by atoms with Gasteiger partial charge in [0.15, 0.2) is 5.96 Å². The number of aliphatic imine (C=N–C) groups is 1. The topological polar surface area (TPSA) is 172 Å². The number of hydrogen-bond acceptors (Lipinski definition) is 7. The van der Waals surface area contributed by atoms with Gasteiger partial charge in [-0.05, 0) is 33.1 Å². The number of nitrogens with one attached hydrogen (secondary N) is 1. The number of guanidine groups is 1. The number of carbonyl (C=O) groups is 3. The maximum atomic E-state index is 12.5. The minimum Gasteiger partial charge on any atom is -0.463 e. The van der Waals surface area contributed by atoms with Crippen LogP contribution in [0, 0.1) is 11.8 Å². The number of nitrogens with zero attached hydrogens (tertiary/aromatic N) is 1. The molecule has 0 aliphatic carbocycles. The van der Waals surface area contributed by atoms with Crippen molar-refractivity contribution in [2.45, 2.75) is 58.0 Å². The molecule has 0 saturated heterocycles. The van der Waals surface area contributed by atoms with Gasteiger partial charge in [0.05, 0.1) is 19.3 Å². The maximum absolute atomic E-state index is 12.5. The van der Waals surface area contributed by atoms with Crippen LogP contribution in [0.3, 0.4) is 0 Å². The highest BCUT2D eigenvalue weighted by molar-refractivity contribution is 6.11. The van der Waals surface area contributed by atoms with Crippen molar-refractivity contribution in [2.24, 2.45) is 22.2 Å². The van der Waals surface area contributed by atoms with Crippen LogP contribution in [0.2, 0.25) is 0 Å². The summed E-state index contributed by atoms with van der Waals surface area (Å²) in [6, 6.07) is -1.01. The summed E-state index contributed by atoms with van der Waals surface area (Å²) in [6.45, 7) is 5.32. The fourth-order valence-electron chi connectivity index (χ4n) is 2.05. The smallest absolute Gasteiger partial charge is 0.356 e. The predicted octanol–water partition coefficient (Wildman–Crippen LogP) is -0.848. The van der Waals surface area contributed by atoms with Gasteiger partial charge in [-0.1, -0.05) is 18.8 Å². The molecule has 7 N–H and O–H groups in total. The van der Waals surface area contributed by atoms with Crippen LogP contribution in [0.15, 0.2) is 4.99 Å². The lowest BCUT2D eigenvalue weighted by molar-refractivity contribution is -0.164. The Morgan fingerprint density at radius 2 is 1.68 bits per heavy atom. The van der Waals surface area contributed by atoms with Crippen molar-refractivity contribution < 1.29 is 23.9 Å². The lowest BCUT2D eigenvalue weighted by Gasteiger charge is -2.26. The highest BCUT2D eigenvalue weighted by Crippen LogP contribution is 2.12. The molecule has 0 heterocycles. The zero-order valence-corrected chi connectivity index (χ0v) is 16.7. The number of unbranched alkanes of at least 4 members (excludes halogenated alkanes) is 1. The molecule has 28 heavy (non-hydrogen) atoms. The van der Waals surface area contributed by atoms with E-state index in [0.717, 1.165) is 0 Å². The average molecular weight is 397 g/mol. The minimum atomic E-state index is -2.27. The lowest BCUT2D eigenvalue weighted by Crippen LogP contribution is -2.63. The third kappa shape index (κ3) is 8.26. The molecule has 0 fully saturated rings. The van der Waals surface area contributed by atoms with Gasteiger partial charge in [0, 0.05) is 13.0 Å². The van der Waals surface area contributed by atoms with Gasteiger partial charge in [0.25, 0.3) is 5.54 Å². The van der Waals surface area contributed by atoms with E-state index in [9.17, 15) is 14.4 Å². The Labute approximate surface area is 165 Å². The van der Waals surface area contributed by atoms with Crippen LogP contribution in [-0.4, -0.2) is 55.1 Å². The minimum absolute atomic E-state index is 0.00408. The lowest BCUT2D eigenvalue weighted by atomic mass is 9.98. The Morgan fingerprint density at radius 3 is 2.14 bits per heavy atom. The maximum Gasteiger partial charge on any atom is 0.356 e. The van der Waals surface area contributed by atoms with Gasteiger partial charge in [-0.25, -0.2) is 9.59 Å². The van der Waals surface area contributed by atoms with E-state index < -0.39 is 29.4 Å². The van der Waals surface area contributed by atoms with Crippen molar-refractivity contribution >= 4 is 23.8 Å². The van der Waals surface area contributed by atoms with E-state index in [-0.39, 0.29) is 25.6 Å². The van der Waals surface area contributed by atoms with Crippen LogP contribution < -0.4 is 22.5 Å². The molecular weight excluding hydrogens is 366 g/mol. The summed E-state index contributed by atoms with van der Waals surface area (Å²) in [7, 11) is 0.